The molecule has 58 valence electrons. The average Bonchev–Trinajstić information content (AvgIpc) is 2.34. The van der Waals surface area contributed by atoms with E-state index < -0.39 is 0 Å². The molecule has 0 aliphatic rings. The Balaban J connectivity index is 3.09. The Morgan fingerprint density at radius 2 is 2.45 bits per heavy atom. The molecular formula is C7H8N2O2. The van der Waals surface area contributed by atoms with Crippen molar-refractivity contribution in [3.05, 3.63) is 11.3 Å². The fourth-order valence-electron chi connectivity index (χ4n) is 0.834. The van der Waals surface area contributed by atoms with Crippen LogP contribution >= 0.6 is 0 Å². The van der Waals surface area contributed by atoms with Gasteiger partial charge in [-0.2, -0.15) is 0 Å². The first kappa shape index (κ1) is 7.69. The first-order valence-electron chi connectivity index (χ1n) is 3.32. The van der Waals surface area contributed by atoms with Crippen LogP contribution in [0.15, 0.2) is 9.52 Å². The van der Waals surface area contributed by atoms with E-state index in [9.17, 15) is 4.79 Å². The average molecular weight is 152 g/mol. The van der Waals surface area contributed by atoms with Crippen LogP contribution in [0, 0.1) is 6.92 Å². The van der Waals surface area contributed by atoms with Gasteiger partial charge in [-0.15, -0.1) is 4.99 Å². The standard InChI is InChI=1S/C7H8N2O2/c1-3-6-5(2)7(8-4-10)11-9-6/h3H2,1-2H3. The third kappa shape index (κ3) is 1.36. The number of rotatable bonds is 2. The normalized spacial score (nSPS) is 9.27. The summed E-state index contributed by atoms with van der Waals surface area (Å²) < 4.78 is 4.75. The van der Waals surface area contributed by atoms with Crippen molar-refractivity contribution < 1.29 is 9.32 Å². The molecule has 4 nitrogen and oxygen atoms in total. The molecule has 0 fully saturated rings. The molecule has 1 aromatic rings. The summed E-state index contributed by atoms with van der Waals surface area (Å²) >= 11 is 0. The topological polar surface area (TPSA) is 55.5 Å². The molecule has 0 spiro atoms. The highest BCUT2D eigenvalue weighted by molar-refractivity contribution is 5.47. The van der Waals surface area contributed by atoms with E-state index in [0.717, 1.165) is 17.7 Å². The lowest BCUT2D eigenvalue weighted by atomic mass is 10.2. The van der Waals surface area contributed by atoms with Gasteiger partial charge in [-0.05, 0) is 13.3 Å². The van der Waals surface area contributed by atoms with Gasteiger partial charge in [0.05, 0.1) is 5.69 Å². The van der Waals surface area contributed by atoms with Crippen LogP contribution in [0.3, 0.4) is 0 Å². The Labute approximate surface area is 63.9 Å². The highest BCUT2D eigenvalue weighted by atomic mass is 16.5. The quantitative estimate of drug-likeness (QED) is 0.476. The van der Waals surface area contributed by atoms with Gasteiger partial charge in [0.15, 0.2) is 0 Å². The monoisotopic (exact) mass is 152 g/mol. The zero-order chi connectivity index (χ0) is 8.27. The first-order valence-corrected chi connectivity index (χ1v) is 3.32. The highest BCUT2D eigenvalue weighted by Crippen LogP contribution is 2.20. The third-order valence-electron chi connectivity index (χ3n) is 1.48. The van der Waals surface area contributed by atoms with Crippen molar-refractivity contribution in [3.8, 4) is 0 Å². The third-order valence-corrected chi connectivity index (χ3v) is 1.48. The molecule has 1 heterocycles. The summed E-state index contributed by atoms with van der Waals surface area (Å²) in [5, 5.41) is 3.71. The maximum Gasteiger partial charge on any atom is 0.264 e. The van der Waals surface area contributed by atoms with E-state index in [1.807, 2.05) is 13.8 Å². The van der Waals surface area contributed by atoms with Crippen LogP contribution in [0.1, 0.15) is 18.2 Å². The van der Waals surface area contributed by atoms with Crippen LogP contribution in [0.2, 0.25) is 0 Å². The Kier molecular flexibility index (Phi) is 2.18. The molecule has 4 heteroatoms. The Morgan fingerprint density at radius 3 is 2.91 bits per heavy atom. The molecule has 0 N–H and O–H groups in total. The van der Waals surface area contributed by atoms with Crippen LogP contribution < -0.4 is 0 Å². The van der Waals surface area contributed by atoms with Gasteiger partial charge in [0.25, 0.3) is 5.88 Å². The highest BCUT2D eigenvalue weighted by Gasteiger charge is 2.07. The zero-order valence-electron chi connectivity index (χ0n) is 6.42. The number of nitrogens with zero attached hydrogens (tertiary/aromatic N) is 2. The molecule has 0 saturated heterocycles. The van der Waals surface area contributed by atoms with E-state index in [4.69, 9.17) is 4.52 Å². The molecule has 0 aliphatic heterocycles. The lowest BCUT2D eigenvalue weighted by Crippen LogP contribution is -1.80. The second-order valence-electron chi connectivity index (χ2n) is 2.12. The van der Waals surface area contributed by atoms with E-state index >= 15 is 0 Å². The van der Waals surface area contributed by atoms with Crippen molar-refractivity contribution >= 4 is 12.0 Å². The van der Waals surface area contributed by atoms with Gasteiger partial charge >= 0.3 is 0 Å². The van der Waals surface area contributed by atoms with E-state index in [1.165, 1.54) is 6.08 Å². The number of isocyanates is 1. The van der Waals surface area contributed by atoms with Gasteiger partial charge in [-0.1, -0.05) is 12.1 Å². The van der Waals surface area contributed by atoms with Crippen molar-refractivity contribution in [1.29, 1.82) is 0 Å². The molecule has 0 atom stereocenters. The van der Waals surface area contributed by atoms with Gasteiger partial charge in [0.1, 0.15) is 0 Å². The minimum atomic E-state index is 0.261. The number of carbonyl (C=O) groups excluding carboxylic acids is 1. The molecule has 1 aromatic heterocycles. The fraction of sp³-hybridized carbons (Fsp3) is 0.429. The lowest BCUT2D eigenvalue weighted by molar-refractivity contribution is 0.421. The van der Waals surface area contributed by atoms with Crippen molar-refractivity contribution in [2.24, 2.45) is 4.99 Å². The minimum absolute atomic E-state index is 0.261. The number of hydrogen-bond acceptors (Lipinski definition) is 4. The maximum absolute atomic E-state index is 9.84. The van der Waals surface area contributed by atoms with Crippen LogP contribution in [-0.4, -0.2) is 11.2 Å². The largest absolute Gasteiger partial charge is 0.335 e. The SMILES string of the molecule is CCc1noc(N=C=O)c1C. The number of hydrogen-bond donors (Lipinski definition) is 0. The van der Waals surface area contributed by atoms with E-state index in [1.54, 1.807) is 0 Å². The van der Waals surface area contributed by atoms with Crippen LogP contribution in [0.5, 0.6) is 0 Å². The zero-order valence-corrected chi connectivity index (χ0v) is 6.42. The van der Waals surface area contributed by atoms with Crippen molar-refractivity contribution in [2.75, 3.05) is 0 Å². The van der Waals surface area contributed by atoms with Gasteiger partial charge in [-0.25, -0.2) is 4.79 Å². The lowest BCUT2D eigenvalue weighted by Gasteiger charge is -1.85. The maximum atomic E-state index is 9.84. The molecule has 0 aromatic carbocycles. The van der Waals surface area contributed by atoms with Gasteiger partial charge in [0.2, 0.25) is 6.08 Å². The summed E-state index contributed by atoms with van der Waals surface area (Å²) in [6.45, 7) is 3.77. The van der Waals surface area contributed by atoms with Gasteiger partial charge in [-0.3, -0.25) is 0 Å². The van der Waals surface area contributed by atoms with E-state index in [0.29, 0.717) is 0 Å². The molecule has 0 unspecified atom stereocenters. The molecule has 0 saturated carbocycles. The number of aromatic nitrogens is 1. The molecule has 0 amide bonds. The van der Waals surface area contributed by atoms with Crippen LogP contribution in [0.4, 0.5) is 5.88 Å². The second kappa shape index (κ2) is 3.12. The minimum Gasteiger partial charge on any atom is -0.335 e. The number of aliphatic imine (C=N–C) groups is 1. The summed E-state index contributed by atoms with van der Waals surface area (Å²) in [6.07, 6.45) is 2.18. The summed E-state index contributed by atoms with van der Waals surface area (Å²) in [7, 11) is 0. The molecule has 0 aliphatic carbocycles. The molecule has 0 bridgehead atoms. The fourth-order valence-corrected chi connectivity index (χ4v) is 0.834. The Morgan fingerprint density at radius 1 is 1.73 bits per heavy atom. The molecule has 11 heavy (non-hydrogen) atoms. The van der Waals surface area contributed by atoms with E-state index in [2.05, 4.69) is 10.1 Å². The van der Waals surface area contributed by atoms with Crippen LogP contribution in [0.25, 0.3) is 0 Å². The van der Waals surface area contributed by atoms with Gasteiger partial charge < -0.3 is 4.52 Å². The van der Waals surface area contributed by atoms with Crippen molar-refractivity contribution in [1.82, 2.24) is 5.16 Å². The summed E-state index contributed by atoms with van der Waals surface area (Å²) in [5.74, 6) is 0.261. The molecule has 1 rings (SSSR count). The Hall–Kier alpha value is -1.41. The second-order valence-corrected chi connectivity index (χ2v) is 2.12. The van der Waals surface area contributed by atoms with Crippen molar-refractivity contribution in [3.63, 3.8) is 0 Å². The number of aryl methyl sites for hydroxylation is 1. The predicted octanol–water partition coefficient (Wildman–Crippen LogP) is 1.51. The summed E-state index contributed by atoms with van der Waals surface area (Å²) in [4.78, 5) is 13.2. The Bertz CT molecular complexity index is 297. The first-order chi connectivity index (χ1) is 5.29. The van der Waals surface area contributed by atoms with Gasteiger partial charge in [0, 0.05) is 5.56 Å². The smallest absolute Gasteiger partial charge is 0.264 e. The molecule has 0 radical (unpaired) electrons. The van der Waals surface area contributed by atoms with Crippen LogP contribution in [-0.2, 0) is 11.2 Å². The van der Waals surface area contributed by atoms with Crippen molar-refractivity contribution in [2.45, 2.75) is 20.3 Å². The summed E-state index contributed by atoms with van der Waals surface area (Å²) in [6, 6.07) is 0. The van der Waals surface area contributed by atoms with E-state index in [-0.39, 0.29) is 5.88 Å². The predicted molar refractivity (Wildman–Crippen MR) is 38.4 cm³/mol. The molecular weight excluding hydrogens is 144 g/mol. The summed E-state index contributed by atoms with van der Waals surface area (Å²) in [5.41, 5.74) is 1.65.